The van der Waals surface area contributed by atoms with Gasteiger partial charge in [0.15, 0.2) is 11.6 Å². The molecule has 1 N–H and O–H groups in total. The Kier molecular flexibility index (Phi) is 3.96. The van der Waals surface area contributed by atoms with E-state index in [0.717, 1.165) is 61.1 Å². The Morgan fingerprint density at radius 1 is 0.885 bits per heavy atom. The van der Waals surface area contributed by atoms with Crippen LogP contribution in [0.15, 0.2) is 36.7 Å². The summed E-state index contributed by atoms with van der Waals surface area (Å²) >= 11 is 0. The highest BCUT2D eigenvalue weighted by Gasteiger charge is 2.28. The topological polar surface area (TPSA) is 60.9 Å². The molecule has 1 atom stereocenters. The van der Waals surface area contributed by atoms with Crippen LogP contribution < -0.4 is 9.80 Å². The minimum atomic E-state index is 0.429. The second-order valence-corrected chi connectivity index (χ2v) is 7.31. The van der Waals surface area contributed by atoms with Crippen molar-refractivity contribution in [2.24, 2.45) is 0 Å². The highest BCUT2D eigenvalue weighted by molar-refractivity contribution is 5.81. The van der Waals surface area contributed by atoms with Crippen molar-refractivity contribution in [3.63, 3.8) is 0 Å². The Labute approximate surface area is 153 Å². The van der Waals surface area contributed by atoms with Crippen molar-refractivity contribution in [1.82, 2.24) is 19.9 Å². The largest absolute Gasteiger partial charge is 0.354 e. The Balaban J connectivity index is 1.54. The summed E-state index contributed by atoms with van der Waals surface area (Å²) in [6.07, 6.45) is 8.56. The zero-order valence-electron chi connectivity index (χ0n) is 14.9. The van der Waals surface area contributed by atoms with Gasteiger partial charge in [-0.15, -0.1) is 0 Å². The predicted octanol–water partition coefficient (Wildman–Crippen LogP) is 3.34. The number of rotatable bonds is 3. The van der Waals surface area contributed by atoms with Crippen LogP contribution in [-0.2, 0) is 0 Å². The first-order chi connectivity index (χ1) is 12.9. The second-order valence-electron chi connectivity index (χ2n) is 7.31. The van der Waals surface area contributed by atoms with Crippen LogP contribution in [0.2, 0.25) is 0 Å². The van der Waals surface area contributed by atoms with E-state index < -0.39 is 0 Å². The number of imidazole rings is 1. The summed E-state index contributed by atoms with van der Waals surface area (Å²) in [5.74, 6) is 3.62. The smallest absolute Gasteiger partial charge is 0.172 e. The number of anilines is 2. The molecule has 2 aromatic heterocycles. The van der Waals surface area contributed by atoms with Crippen molar-refractivity contribution >= 4 is 22.7 Å². The highest BCUT2D eigenvalue weighted by atomic mass is 15.3. The van der Waals surface area contributed by atoms with Crippen LogP contribution in [0.1, 0.15) is 37.4 Å². The van der Waals surface area contributed by atoms with E-state index in [1.807, 2.05) is 24.5 Å². The maximum Gasteiger partial charge on any atom is 0.172 e. The Hall–Kier alpha value is -2.63. The lowest BCUT2D eigenvalue weighted by molar-refractivity contribution is 0.491. The number of H-pyrrole nitrogens is 1. The molecular formula is C20H24N6. The summed E-state index contributed by atoms with van der Waals surface area (Å²) in [5, 5.41) is 0. The zero-order valence-corrected chi connectivity index (χ0v) is 14.9. The molecular weight excluding hydrogens is 324 g/mol. The average molecular weight is 348 g/mol. The van der Waals surface area contributed by atoms with E-state index in [4.69, 9.17) is 9.97 Å². The van der Waals surface area contributed by atoms with Crippen molar-refractivity contribution in [3.05, 3.63) is 42.5 Å². The normalized spacial score (nSPS) is 20.8. The summed E-state index contributed by atoms with van der Waals surface area (Å²) < 4.78 is 0. The fraction of sp³-hybridized carbons (Fsp3) is 0.450. The van der Waals surface area contributed by atoms with Gasteiger partial charge in [-0.25, -0.2) is 15.0 Å². The second kappa shape index (κ2) is 6.59. The Morgan fingerprint density at radius 3 is 2.27 bits per heavy atom. The lowest BCUT2D eigenvalue weighted by Gasteiger charge is -2.35. The first-order valence-electron chi connectivity index (χ1n) is 9.64. The summed E-state index contributed by atoms with van der Waals surface area (Å²) in [5.41, 5.74) is 1.96. The van der Waals surface area contributed by atoms with Crippen LogP contribution >= 0.6 is 0 Å². The monoisotopic (exact) mass is 348 g/mol. The molecule has 6 nitrogen and oxygen atoms in total. The first kappa shape index (κ1) is 15.6. The number of fused-ring (bicyclic) bond motifs is 1. The molecule has 4 heterocycles. The van der Waals surface area contributed by atoms with E-state index in [1.54, 1.807) is 0 Å². The minimum Gasteiger partial charge on any atom is -0.354 e. The van der Waals surface area contributed by atoms with Gasteiger partial charge in [0.05, 0.1) is 11.0 Å². The van der Waals surface area contributed by atoms with Gasteiger partial charge in [0, 0.05) is 44.5 Å². The summed E-state index contributed by atoms with van der Waals surface area (Å²) in [6.45, 7) is 4.14. The van der Waals surface area contributed by atoms with Crippen LogP contribution in [0.5, 0.6) is 0 Å². The fourth-order valence-corrected chi connectivity index (χ4v) is 4.23. The van der Waals surface area contributed by atoms with Gasteiger partial charge in [-0.05, 0) is 37.8 Å². The van der Waals surface area contributed by atoms with E-state index >= 15 is 0 Å². The minimum absolute atomic E-state index is 0.429. The van der Waals surface area contributed by atoms with Gasteiger partial charge in [-0.2, -0.15) is 0 Å². The number of hydrogen-bond donors (Lipinski definition) is 1. The molecule has 2 aliphatic heterocycles. The number of hydrogen-bond acceptors (Lipinski definition) is 5. The summed E-state index contributed by atoms with van der Waals surface area (Å²) in [7, 11) is 0. The molecule has 1 aromatic carbocycles. The van der Waals surface area contributed by atoms with Crippen molar-refractivity contribution in [2.75, 3.05) is 36.0 Å². The van der Waals surface area contributed by atoms with E-state index in [1.165, 1.54) is 19.3 Å². The number of aromatic nitrogens is 4. The summed E-state index contributed by atoms with van der Waals surface area (Å²) in [6, 6.07) is 8.21. The van der Waals surface area contributed by atoms with Gasteiger partial charge >= 0.3 is 0 Å². The molecule has 2 aliphatic rings. The number of aromatic amines is 1. The zero-order chi connectivity index (χ0) is 17.3. The molecule has 5 rings (SSSR count). The third kappa shape index (κ3) is 2.79. The predicted molar refractivity (Wildman–Crippen MR) is 104 cm³/mol. The Bertz CT molecular complexity index is 884. The van der Waals surface area contributed by atoms with E-state index in [0.29, 0.717) is 5.92 Å². The molecule has 0 amide bonds. The SMILES string of the molecule is c1ccc2nc(N3CCCC(c4ncc[nH]4)C3)c(N3CCCC3)nc2c1. The molecule has 3 aromatic rings. The maximum atomic E-state index is 5.05. The molecule has 1 unspecified atom stereocenters. The van der Waals surface area contributed by atoms with E-state index in [2.05, 4.69) is 31.9 Å². The van der Waals surface area contributed by atoms with Gasteiger partial charge < -0.3 is 14.8 Å². The van der Waals surface area contributed by atoms with E-state index in [-0.39, 0.29) is 0 Å². The number of para-hydroxylation sites is 2. The highest BCUT2D eigenvalue weighted by Crippen LogP contribution is 2.34. The molecule has 0 saturated carbocycles. The van der Waals surface area contributed by atoms with Gasteiger partial charge in [0.2, 0.25) is 0 Å². The third-order valence-electron chi connectivity index (χ3n) is 5.57. The molecule has 0 bridgehead atoms. The van der Waals surface area contributed by atoms with Crippen molar-refractivity contribution in [1.29, 1.82) is 0 Å². The first-order valence-corrected chi connectivity index (χ1v) is 9.64. The number of nitrogens with one attached hydrogen (secondary N) is 1. The van der Waals surface area contributed by atoms with E-state index in [9.17, 15) is 0 Å². The molecule has 134 valence electrons. The van der Waals surface area contributed by atoms with Crippen LogP contribution in [0.25, 0.3) is 11.0 Å². The average Bonchev–Trinajstić information content (AvgIpc) is 3.41. The Morgan fingerprint density at radius 2 is 1.58 bits per heavy atom. The lowest BCUT2D eigenvalue weighted by Crippen LogP contribution is -2.37. The molecule has 0 radical (unpaired) electrons. The molecule has 6 heteroatoms. The quantitative estimate of drug-likeness (QED) is 0.787. The summed E-state index contributed by atoms with van der Waals surface area (Å²) in [4.78, 5) is 22.7. The molecule has 2 fully saturated rings. The van der Waals surface area contributed by atoms with Crippen molar-refractivity contribution in [3.8, 4) is 0 Å². The van der Waals surface area contributed by atoms with Gasteiger partial charge in [0.1, 0.15) is 5.82 Å². The van der Waals surface area contributed by atoms with Crippen LogP contribution in [0, 0.1) is 0 Å². The van der Waals surface area contributed by atoms with Gasteiger partial charge in [0.25, 0.3) is 0 Å². The van der Waals surface area contributed by atoms with Crippen molar-refractivity contribution in [2.45, 2.75) is 31.6 Å². The molecule has 0 aliphatic carbocycles. The number of piperidine rings is 1. The fourth-order valence-electron chi connectivity index (χ4n) is 4.23. The maximum absolute atomic E-state index is 5.05. The molecule has 0 spiro atoms. The van der Waals surface area contributed by atoms with Gasteiger partial charge in [-0.1, -0.05) is 12.1 Å². The third-order valence-corrected chi connectivity index (χ3v) is 5.57. The standard InChI is InChI=1S/C20H24N6/c1-2-8-17-16(7-1)23-19(25-11-3-4-12-25)20(24-17)26-13-5-6-15(14-26)18-21-9-10-22-18/h1-2,7-10,15H,3-6,11-14H2,(H,21,22). The number of benzene rings is 1. The molecule has 26 heavy (non-hydrogen) atoms. The van der Waals surface area contributed by atoms with Crippen LogP contribution in [0.4, 0.5) is 11.6 Å². The lowest BCUT2D eigenvalue weighted by atomic mass is 9.97. The van der Waals surface area contributed by atoms with Crippen molar-refractivity contribution < 1.29 is 0 Å². The van der Waals surface area contributed by atoms with Gasteiger partial charge in [-0.3, -0.25) is 0 Å². The van der Waals surface area contributed by atoms with Crippen LogP contribution in [0.3, 0.4) is 0 Å². The number of nitrogens with zero attached hydrogens (tertiary/aromatic N) is 5. The van der Waals surface area contributed by atoms with Crippen LogP contribution in [-0.4, -0.2) is 46.1 Å². The molecule has 2 saturated heterocycles.